The minimum Gasteiger partial charge on any atom is -0.357 e. The first-order valence-electron chi connectivity index (χ1n) is 6.74. The van der Waals surface area contributed by atoms with E-state index in [1.54, 1.807) is 11.3 Å². The van der Waals surface area contributed by atoms with Gasteiger partial charge in [-0.15, -0.1) is 11.3 Å². The summed E-state index contributed by atoms with van der Waals surface area (Å²) in [4.78, 5) is 10.1. The summed E-state index contributed by atoms with van der Waals surface area (Å²) in [5.41, 5.74) is 4.17. The largest absolute Gasteiger partial charge is 0.357 e. The van der Waals surface area contributed by atoms with Gasteiger partial charge < -0.3 is 10.6 Å². The minimum atomic E-state index is 0.678. The van der Waals surface area contributed by atoms with Crippen LogP contribution in [0.5, 0.6) is 0 Å². The second kappa shape index (κ2) is 7.65. The molecule has 2 rings (SSSR count). The van der Waals surface area contributed by atoms with Crippen LogP contribution in [0.25, 0.3) is 0 Å². The number of aliphatic imine (C=N–C) groups is 1. The number of thiazole rings is 1. The Kier molecular flexibility index (Phi) is 5.55. The van der Waals surface area contributed by atoms with E-state index in [4.69, 9.17) is 0 Å². The first-order chi connectivity index (χ1) is 9.79. The van der Waals surface area contributed by atoms with E-state index in [0.717, 1.165) is 24.7 Å². The molecule has 0 amide bonds. The number of nitrogens with zero attached hydrogens (tertiary/aromatic N) is 2. The van der Waals surface area contributed by atoms with Gasteiger partial charge in [0.25, 0.3) is 0 Å². The normalized spacial score (nSPS) is 11.4. The van der Waals surface area contributed by atoms with Gasteiger partial charge in [0.1, 0.15) is 0 Å². The van der Waals surface area contributed by atoms with E-state index in [2.05, 4.69) is 39.7 Å². The van der Waals surface area contributed by atoms with Crippen LogP contribution < -0.4 is 10.6 Å². The number of aromatic nitrogens is 1. The second-order valence-corrected chi connectivity index (χ2v) is 5.33. The first kappa shape index (κ1) is 14.5. The maximum atomic E-state index is 4.59. The van der Waals surface area contributed by atoms with Gasteiger partial charge in [0, 0.05) is 11.4 Å². The van der Waals surface area contributed by atoms with E-state index in [1.807, 2.05) is 30.6 Å². The van der Waals surface area contributed by atoms with Gasteiger partial charge in [-0.05, 0) is 19.4 Å². The fourth-order valence-corrected chi connectivity index (χ4v) is 2.47. The number of nitrogens with one attached hydrogen (secondary N) is 2. The minimum absolute atomic E-state index is 0.678. The van der Waals surface area contributed by atoms with Crippen molar-refractivity contribution in [3.63, 3.8) is 0 Å². The summed E-state index contributed by atoms with van der Waals surface area (Å²) in [5.74, 6) is 0.837. The standard InChI is InChI=1S/C15H20N4S/c1-3-16-15(17-9-13-7-5-4-6-8-13)18-10-14-12(2)19-11-20-14/h4-8,11H,3,9-10H2,1-2H3,(H2,16,17,18). The van der Waals surface area contributed by atoms with Gasteiger partial charge in [-0.3, -0.25) is 0 Å². The zero-order valence-corrected chi connectivity index (χ0v) is 12.7. The average Bonchev–Trinajstić information content (AvgIpc) is 2.88. The number of hydrogen-bond acceptors (Lipinski definition) is 3. The van der Waals surface area contributed by atoms with Crippen LogP contribution in [-0.2, 0) is 13.1 Å². The van der Waals surface area contributed by atoms with Crippen LogP contribution in [0.4, 0.5) is 0 Å². The molecule has 20 heavy (non-hydrogen) atoms. The molecule has 0 fully saturated rings. The predicted octanol–water partition coefficient (Wildman–Crippen LogP) is 2.71. The highest BCUT2D eigenvalue weighted by Crippen LogP contribution is 2.11. The zero-order valence-electron chi connectivity index (χ0n) is 11.9. The van der Waals surface area contributed by atoms with Crippen molar-refractivity contribution in [3.05, 3.63) is 52.0 Å². The molecular weight excluding hydrogens is 268 g/mol. The van der Waals surface area contributed by atoms with Gasteiger partial charge in [0.15, 0.2) is 5.96 Å². The number of benzene rings is 1. The molecule has 0 aliphatic rings. The molecule has 0 atom stereocenters. The zero-order chi connectivity index (χ0) is 14.2. The molecule has 0 saturated heterocycles. The molecule has 0 unspecified atom stereocenters. The molecule has 4 nitrogen and oxygen atoms in total. The molecule has 1 heterocycles. The van der Waals surface area contributed by atoms with Gasteiger partial charge in [0.2, 0.25) is 0 Å². The highest BCUT2D eigenvalue weighted by Gasteiger charge is 2.03. The lowest BCUT2D eigenvalue weighted by Gasteiger charge is -2.10. The third-order valence-electron chi connectivity index (χ3n) is 2.87. The molecule has 0 aliphatic heterocycles. The summed E-state index contributed by atoms with van der Waals surface area (Å²) in [5, 5.41) is 6.60. The topological polar surface area (TPSA) is 49.3 Å². The van der Waals surface area contributed by atoms with Crippen LogP contribution in [0.1, 0.15) is 23.1 Å². The highest BCUT2D eigenvalue weighted by molar-refractivity contribution is 7.09. The SMILES string of the molecule is CCNC(=NCc1ccccc1)NCc1scnc1C. The second-order valence-electron chi connectivity index (χ2n) is 4.40. The number of rotatable bonds is 5. The molecular formula is C15H20N4S. The van der Waals surface area contributed by atoms with Crippen LogP contribution in [0.2, 0.25) is 0 Å². The first-order valence-corrected chi connectivity index (χ1v) is 7.62. The molecule has 106 valence electrons. The lowest BCUT2D eigenvalue weighted by Crippen LogP contribution is -2.36. The molecule has 2 N–H and O–H groups in total. The van der Waals surface area contributed by atoms with Crippen LogP contribution in [0.3, 0.4) is 0 Å². The van der Waals surface area contributed by atoms with Crippen molar-refractivity contribution in [1.82, 2.24) is 15.6 Å². The smallest absolute Gasteiger partial charge is 0.191 e. The van der Waals surface area contributed by atoms with Crippen LogP contribution in [-0.4, -0.2) is 17.5 Å². The molecule has 0 radical (unpaired) electrons. The molecule has 0 saturated carbocycles. The van der Waals surface area contributed by atoms with Crippen molar-refractivity contribution in [2.75, 3.05) is 6.54 Å². The number of hydrogen-bond donors (Lipinski definition) is 2. The van der Waals surface area contributed by atoms with E-state index in [0.29, 0.717) is 6.54 Å². The Bertz CT molecular complexity index is 548. The van der Waals surface area contributed by atoms with E-state index in [1.165, 1.54) is 10.4 Å². The molecule has 0 spiro atoms. The number of guanidine groups is 1. The Morgan fingerprint density at radius 3 is 2.70 bits per heavy atom. The maximum Gasteiger partial charge on any atom is 0.191 e. The van der Waals surface area contributed by atoms with Gasteiger partial charge in [-0.2, -0.15) is 0 Å². The van der Waals surface area contributed by atoms with Gasteiger partial charge in [-0.1, -0.05) is 30.3 Å². The third-order valence-corrected chi connectivity index (χ3v) is 3.80. The van der Waals surface area contributed by atoms with E-state index < -0.39 is 0 Å². The van der Waals surface area contributed by atoms with Crippen molar-refractivity contribution in [3.8, 4) is 0 Å². The maximum absolute atomic E-state index is 4.59. The van der Waals surface area contributed by atoms with Crippen molar-refractivity contribution in [1.29, 1.82) is 0 Å². The van der Waals surface area contributed by atoms with Crippen LogP contribution >= 0.6 is 11.3 Å². The Labute approximate surface area is 124 Å². The van der Waals surface area contributed by atoms with Crippen molar-refractivity contribution in [2.45, 2.75) is 26.9 Å². The Morgan fingerprint density at radius 2 is 2.05 bits per heavy atom. The lowest BCUT2D eigenvalue weighted by molar-refractivity contribution is 0.819. The average molecular weight is 288 g/mol. The van der Waals surface area contributed by atoms with Crippen molar-refractivity contribution >= 4 is 17.3 Å². The molecule has 1 aromatic carbocycles. The van der Waals surface area contributed by atoms with Gasteiger partial charge >= 0.3 is 0 Å². The third kappa shape index (κ3) is 4.35. The monoisotopic (exact) mass is 288 g/mol. The summed E-state index contributed by atoms with van der Waals surface area (Å²) < 4.78 is 0. The summed E-state index contributed by atoms with van der Waals surface area (Å²) in [6.45, 7) is 6.39. The molecule has 0 aliphatic carbocycles. The van der Waals surface area contributed by atoms with Crippen molar-refractivity contribution in [2.24, 2.45) is 4.99 Å². The Balaban J connectivity index is 1.94. The quantitative estimate of drug-likeness (QED) is 0.657. The lowest BCUT2D eigenvalue weighted by atomic mass is 10.2. The Morgan fingerprint density at radius 1 is 1.25 bits per heavy atom. The van der Waals surface area contributed by atoms with Crippen LogP contribution in [0.15, 0.2) is 40.8 Å². The summed E-state index contributed by atoms with van der Waals surface area (Å²) >= 11 is 1.67. The van der Waals surface area contributed by atoms with Crippen LogP contribution in [0, 0.1) is 6.92 Å². The molecule has 5 heteroatoms. The van der Waals surface area contributed by atoms with E-state index in [9.17, 15) is 0 Å². The summed E-state index contributed by atoms with van der Waals surface area (Å²) in [6, 6.07) is 10.3. The predicted molar refractivity (Wildman–Crippen MR) is 84.9 cm³/mol. The molecule has 1 aromatic heterocycles. The van der Waals surface area contributed by atoms with E-state index >= 15 is 0 Å². The highest BCUT2D eigenvalue weighted by atomic mass is 32.1. The van der Waals surface area contributed by atoms with Crippen molar-refractivity contribution < 1.29 is 0 Å². The fourth-order valence-electron chi connectivity index (χ4n) is 1.76. The Hall–Kier alpha value is -1.88. The summed E-state index contributed by atoms with van der Waals surface area (Å²) in [7, 11) is 0. The van der Waals surface area contributed by atoms with Gasteiger partial charge in [0.05, 0.1) is 24.3 Å². The van der Waals surface area contributed by atoms with Gasteiger partial charge in [-0.25, -0.2) is 9.98 Å². The van der Waals surface area contributed by atoms with E-state index in [-0.39, 0.29) is 0 Å². The number of aryl methyl sites for hydroxylation is 1. The molecule has 0 bridgehead atoms. The molecule has 2 aromatic rings. The fraction of sp³-hybridized carbons (Fsp3) is 0.333. The summed E-state index contributed by atoms with van der Waals surface area (Å²) in [6.07, 6.45) is 0.